The van der Waals surface area contributed by atoms with E-state index in [-0.39, 0.29) is 0 Å². The summed E-state index contributed by atoms with van der Waals surface area (Å²) in [5, 5.41) is 0. The van der Waals surface area contributed by atoms with E-state index in [0.29, 0.717) is 11.6 Å². The summed E-state index contributed by atoms with van der Waals surface area (Å²) in [6, 6.07) is 0. The minimum atomic E-state index is 0.497. The normalized spacial score (nSPS) is 22.5. The Morgan fingerprint density at radius 3 is 0.743 bits per heavy atom. The number of hydrogen-bond acceptors (Lipinski definition) is 2. The third kappa shape index (κ3) is 24.3. The van der Waals surface area contributed by atoms with E-state index in [4.69, 9.17) is 0 Å². The van der Waals surface area contributed by atoms with Gasteiger partial charge in [0.2, 0.25) is 0 Å². The second-order valence-corrected chi connectivity index (χ2v) is 10.9. The second-order valence-electron chi connectivity index (χ2n) is 10.9. The summed E-state index contributed by atoms with van der Waals surface area (Å²) in [5.74, 6) is 0.998. The molecule has 0 spiro atoms. The van der Waals surface area contributed by atoms with Crippen LogP contribution < -0.4 is 0 Å². The van der Waals surface area contributed by atoms with Gasteiger partial charge in [0.15, 0.2) is 0 Å². The van der Waals surface area contributed by atoms with Crippen LogP contribution in [-0.2, 0) is 9.59 Å². The molecule has 2 nitrogen and oxygen atoms in total. The molecular formula is C33H58O2. The van der Waals surface area contributed by atoms with Crippen LogP contribution in [-0.4, -0.2) is 11.6 Å². The molecule has 2 heteroatoms. The SMILES string of the molecule is O=C1CCCCCCC=CCCCCCCC1.O=C1CCCCCCCC=CCCCCCCC1. The quantitative estimate of drug-likeness (QED) is 0.319. The molecule has 0 bridgehead atoms. The third-order valence-electron chi connectivity index (χ3n) is 7.39. The average molecular weight is 487 g/mol. The van der Waals surface area contributed by atoms with Crippen LogP contribution in [0.4, 0.5) is 0 Å². The largest absolute Gasteiger partial charge is 0.300 e. The molecule has 2 aliphatic carbocycles. The maximum absolute atomic E-state index is 11.6. The summed E-state index contributed by atoms with van der Waals surface area (Å²) < 4.78 is 0. The fraction of sp³-hybridized carbons (Fsp3) is 0.818. The monoisotopic (exact) mass is 486 g/mol. The Labute approximate surface area is 218 Å². The van der Waals surface area contributed by atoms with Crippen LogP contribution >= 0.6 is 0 Å². The van der Waals surface area contributed by atoms with Crippen LogP contribution in [0.2, 0.25) is 0 Å². The summed E-state index contributed by atoms with van der Waals surface area (Å²) in [6.45, 7) is 0. The highest BCUT2D eigenvalue weighted by Crippen LogP contribution is 2.14. The molecule has 0 aliphatic heterocycles. The maximum atomic E-state index is 11.6. The van der Waals surface area contributed by atoms with Gasteiger partial charge in [-0.2, -0.15) is 0 Å². The van der Waals surface area contributed by atoms with Crippen molar-refractivity contribution in [1.82, 2.24) is 0 Å². The molecule has 0 aromatic carbocycles. The Kier molecular flexibility index (Phi) is 23.6. The van der Waals surface area contributed by atoms with Gasteiger partial charge in [0.25, 0.3) is 0 Å². The van der Waals surface area contributed by atoms with E-state index in [2.05, 4.69) is 24.3 Å². The molecule has 202 valence electrons. The highest BCUT2D eigenvalue weighted by atomic mass is 16.1. The Hall–Kier alpha value is -1.18. The Bertz CT molecular complexity index is 523. The summed E-state index contributed by atoms with van der Waals surface area (Å²) in [6.07, 6.45) is 41.6. The van der Waals surface area contributed by atoms with Crippen LogP contribution in [0, 0.1) is 0 Å². The van der Waals surface area contributed by atoms with Crippen molar-refractivity contribution >= 4 is 11.6 Å². The van der Waals surface area contributed by atoms with Crippen molar-refractivity contribution < 1.29 is 9.59 Å². The molecule has 0 radical (unpaired) electrons. The molecule has 0 atom stereocenters. The summed E-state index contributed by atoms with van der Waals surface area (Å²) in [5.41, 5.74) is 0. The van der Waals surface area contributed by atoms with Gasteiger partial charge in [0.1, 0.15) is 11.6 Å². The Morgan fingerprint density at radius 2 is 0.486 bits per heavy atom. The van der Waals surface area contributed by atoms with Crippen molar-refractivity contribution in [3.8, 4) is 0 Å². The highest BCUT2D eigenvalue weighted by molar-refractivity contribution is 5.78. The number of carbonyl (C=O) groups excluding carboxylic acids is 2. The minimum Gasteiger partial charge on any atom is -0.300 e. The third-order valence-corrected chi connectivity index (χ3v) is 7.39. The van der Waals surface area contributed by atoms with E-state index >= 15 is 0 Å². The molecule has 2 rings (SSSR count). The summed E-state index contributed by atoms with van der Waals surface area (Å²) >= 11 is 0. The zero-order chi connectivity index (χ0) is 25.1. The number of hydrogen-bond donors (Lipinski definition) is 0. The van der Waals surface area contributed by atoms with Gasteiger partial charge >= 0.3 is 0 Å². The first kappa shape index (κ1) is 31.8. The van der Waals surface area contributed by atoms with Crippen molar-refractivity contribution in [2.24, 2.45) is 0 Å². The predicted molar refractivity (Wildman–Crippen MR) is 153 cm³/mol. The smallest absolute Gasteiger partial charge is 0.132 e. The van der Waals surface area contributed by atoms with Crippen molar-refractivity contribution in [2.45, 2.75) is 173 Å². The topological polar surface area (TPSA) is 34.1 Å². The van der Waals surface area contributed by atoms with Crippen LogP contribution in [0.25, 0.3) is 0 Å². The van der Waals surface area contributed by atoms with Gasteiger partial charge < -0.3 is 0 Å². The lowest BCUT2D eigenvalue weighted by Crippen LogP contribution is -1.97. The Morgan fingerprint density at radius 1 is 0.286 bits per heavy atom. The van der Waals surface area contributed by atoms with Gasteiger partial charge in [-0.1, -0.05) is 94.9 Å². The van der Waals surface area contributed by atoms with Gasteiger partial charge in [0, 0.05) is 25.7 Å². The lowest BCUT2D eigenvalue weighted by Gasteiger charge is -2.03. The fourth-order valence-electron chi connectivity index (χ4n) is 5.00. The van der Waals surface area contributed by atoms with E-state index < -0.39 is 0 Å². The molecule has 0 amide bonds. The molecule has 0 aromatic rings. The van der Waals surface area contributed by atoms with E-state index in [1.54, 1.807) is 0 Å². The van der Waals surface area contributed by atoms with Crippen LogP contribution in [0.1, 0.15) is 173 Å². The number of allylic oxidation sites excluding steroid dienone is 4. The van der Waals surface area contributed by atoms with E-state index in [1.165, 1.54) is 122 Å². The number of carbonyl (C=O) groups is 2. The van der Waals surface area contributed by atoms with Crippen molar-refractivity contribution in [3.05, 3.63) is 24.3 Å². The molecule has 0 saturated heterocycles. The molecule has 0 N–H and O–H groups in total. The minimum absolute atomic E-state index is 0.497. The number of ketones is 2. The lowest BCUT2D eigenvalue weighted by atomic mass is 10.0. The molecule has 0 aromatic heterocycles. The van der Waals surface area contributed by atoms with Crippen LogP contribution in [0.3, 0.4) is 0 Å². The van der Waals surface area contributed by atoms with Crippen LogP contribution in [0.15, 0.2) is 24.3 Å². The molecular weight excluding hydrogens is 428 g/mol. The molecule has 0 saturated carbocycles. The van der Waals surface area contributed by atoms with Crippen molar-refractivity contribution in [1.29, 1.82) is 0 Å². The average Bonchev–Trinajstić information content (AvgIpc) is 2.85. The first-order valence-corrected chi connectivity index (χ1v) is 15.6. The Balaban J connectivity index is 0.000000351. The number of Topliss-reactive ketones (excluding diaryl/α,β-unsaturated/α-hetero) is 2. The summed E-state index contributed by atoms with van der Waals surface area (Å²) in [4.78, 5) is 23.2. The van der Waals surface area contributed by atoms with Crippen LogP contribution in [0.5, 0.6) is 0 Å². The highest BCUT2D eigenvalue weighted by Gasteiger charge is 2.03. The van der Waals surface area contributed by atoms with Crippen molar-refractivity contribution in [3.63, 3.8) is 0 Å². The van der Waals surface area contributed by atoms with Gasteiger partial charge in [-0.25, -0.2) is 0 Å². The molecule has 0 unspecified atom stereocenters. The maximum Gasteiger partial charge on any atom is 0.132 e. The van der Waals surface area contributed by atoms with Gasteiger partial charge in [-0.3, -0.25) is 9.59 Å². The molecule has 2 aliphatic rings. The fourth-order valence-corrected chi connectivity index (χ4v) is 5.00. The van der Waals surface area contributed by atoms with E-state index in [9.17, 15) is 9.59 Å². The van der Waals surface area contributed by atoms with Gasteiger partial charge in [-0.05, 0) is 77.0 Å². The predicted octanol–water partition coefficient (Wildman–Crippen LogP) is 10.8. The molecule has 35 heavy (non-hydrogen) atoms. The first-order chi connectivity index (χ1) is 17.3. The second kappa shape index (κ2) is 25.9. The van der Waals surface area contributed by atoms with Gasteiger partial charge in [0.05, 0.1) is 0 Å². The van der Waals surface area contributed by atoms with Gasteiger partial charge in [-0.15, -0.1) is 0 Å². The van der Waals surface area contributed by atoms with Crippen molar-refractivity contribution in [2.75, 3.05) is 0 Å². The zero-order valence-corrected chi connectivity index (χ0v) is 23.2. The van der Waals surface area contributed by atoms with E-state index in [0.717, 1.165) is 51.4 Å². The lowest BCUT2D eigenvalue weighted by molar-refractivity contribution is -0.120. The number of rotatable bonds is 0. The molecule has 0 fully saturated rings. The van der Waals surface area contributed by atoms with E-state index in [1.807, 2.05) is 0 Å². The standard InChI is InChI=1S/C17H30O.C16H28O/c18-17-15-13-11-9-7-5-3-1-2-4-6-8-10-12-14-16-17;17-16-14-12-10-8-6-4-2-1-3-5-7-9-11-13-15-16/h1-2H,3-16H2;1-2H,3-15H2. The summed E-state index contributed by atoms with van der Waals surface area (Å²) in [7, 11) is 0. The first-order valence-electron chi connectivity index (χ1n) is 15.6. The molecule has 0 heterocycles. The zero-order valence-electron chi connectivity index (χ0n) is 23.2.